The predicted octanol–water partition coefficient (Wildman–Crippen LogP) is 3.23. The van der Waals surface area contributed by atoms with Crippen LogP contribution < -0.4 is 10.9 Å². The van der Waals surface area contributed by atoms with Crippen LogP contribution in [0.25, 0.3) is 0 Å². The van der Waals surface area contributed by atoms with E-state index in [4.69, 9.17) is 0 Å². The quantitative estimate of drug-likeness (QED) is 0.875. The summed E-state index contributed by atoms with van der Waals surface area (Å²) in [6.45, 7) is 4.42. The highest BCUT2D eigenvalue weighted by atomic mass is 19.1. The minimum atomic E-state index is -0.392. The van der Waals surface area contributed by atoms with Gasteiger partial charge in [0.1, 0.15) is 12.4 Å². The van der Waals surface area contributed by atoms with E-state index in [1.807, 2.05) is 4.90 Å². The van der Waals surface area contributed by atoms with Crippen molar-refractivity contribution in [1.82, 2.24) is 14.5 Å². The molecule has 1 amide bonds. The molecule has 1 fully saturated rings. The monoisotopic (exact) mass is 372 g/mol. The summed E-state index contributed by atoms with van der Waals surface area (Å²) in [6, 6.07) is 7.53. The van der Waals surface area contributed by atoms with E-state index in [0.717, 1.165) is 32.2 Å². The molecule has 0 aliphatic carbocycles. The third-order valence-electron chi connectivity index (χ3n) is 4.93. The van der Waals surface area contributed by atoms with Gasteiger partial charge in [0.2, 0.25) is 11.9 Å². The standard InChI is InChI=1S/C20H25FN4O2/c1-3-17-9-4-5-10-24(17)19(27)13-25-18(26)11-14(2)22-20(25)23-16-8-6-7-15(21)12-16/h6-8,11-12,17H,3-5,9-10,13H2,1-2H3,(H,22,23). The third-order valence-corrected chi connectivity index (χ3v) is 4.93. The van der Waals surface area contributed by atoms with Crippen LogP contribution in [0.2, 0.25) is 0 Å². The molecule has 1 aromatic carbocycles. The van der Waals surface area contributed by atoms with Crippen LogP contribution in [0.3, 0.4) is 0 Å². The highest BCUT2D eigenvalue weighted by Crippen LogP contribution is 2.21. The number of amides is 1. The fourth-order valence-electron chi connectivity index (χ4n) is 3.54. The SMILES string of the molecule is CCC1CCCCN1C(=O)Cn1c(Nc2cccc(F)c2)nc(C)cc1=O. The molecule has 0 radical (unpaired) electrons. The number of carbonyl (C=O) groups is 1. The molecule has 1 N–H and O–H groups in total. The van der Waals surface area contributed by atoms with E-state index in [2.05, 4.69) is 17.2 Å². The van der Waals surface area contributed by atoms with Crippen molar-refractivity contribution in [2.24, 2.45) is 0 Å². The van der Waals surface area contributed by atoms with Crippen LogP contribution in [0, 0.1) is 12.7 Å². The number of hydrogen-bond donors (Lipinski definition) is 1. The molecule has 0 spiro atoms. The van der Waals surface area contributed by atoms with E-state index < -0.39 is 5.82 Å². The normalized spacial score (nSPS) is 17.0. The molecule has 1 unspecified atom stereocenters. The van der Waals surface area contributed by atoms with Crippen molar-refractivity contribution in [2.45, 2.75) is 52.1 Å². The number of halogens is 1. The number of likely N-dealkylation sites (tertiary alicyclic amines) is 1. The first kappa shape index (κ1) is 19.1. The number of rotatable bonds is 5. The number of hydrogen-bond acceptors (Lipinski definition) is 4. The Labute approximate surface area is 158 Å². The summed E-state index contributed by atoms with van der Waals surface area (Å²) >= 11 is 0. The molecule has 2 aromatic rings. The fraction of sp³-hybridized carbons (Fsp3) is 0.450. The van der Waals surface area contributed by atoms with Gasteiger partial charge in [0.15, 0.2) is 0 Å². The molecular formula is C20H25FN4O2. The first-order valence-electron chi connectivity index (χ1n) is 9.38. The minimum absolute atomic E-state index is 0.0831. The van der Waals surface area contributed by atoms with Crippen molar-refractivity contribution < 1.29 is 9.18 Å². The average molecular weight is 372 g/mol. The van der Waals surface area contributed by atoms with Crippen LogP contribution in [-0.2, 0) is 11.3 Å². The molecule has 1 saturated heterocycles. The number of piperidine rings is 1. The summed E-state index contributed by atoms with van der Waals surface area (Å²) in [7, 11) is 0. The first-order chi connectivity index (χ1) is 13.0. The number of benzene rings is 1. The highest BCUT2D eigenvalue weighted by Gasteiger charge is 2.26. The second-order valence-corrected chi connectivity index (χ2v) is 6.93. The van der Waals surface area contributed by atoms with Crippen molar-refractivity contribution in [3.8, 4) is 0 Å². The summed E-state index contributed by atoms with van der Waals surface area (Å²) in [5.74, 6) is -0.239. The molecule has 6 nitrogen and oxygen atoms in total. The Bertz CT molecular complexity index is 881. The second kappa shape index (κ2) is 8.33. The van der Waals surface area contributed by atoms with Crippen molar-refractivity contribution >= 4 is 17.5 Å². The van der Waals surface area contributed by atoms with Gasteiger partial charge in [-0.25, -0.2) is 9.37 Å². The van der Waals surface area contributed by atoms with Gasteiger partial charge < -0.3 is 10.2 Å². The van der Waals surface area contributed by atoms with Gasteiger partial charge in [-0.05, 0) is 50.8 Å². The van der Waals surface area contributed by atoms with Crippen molar-refractivity contribution in [1.29, 1.82) is 0 Å². The maximum absolute atomic E-state index is 13.5. The van der Waals surface area contributed by atoms with Crippen molar-refractivity contribution in [3.63, 3.8) is 0 Å². The maximum atomic E-state index is 13.5. The van der Waals surface area contributed by atoms with E-state index >= 15 is 0 Å². The Morgan fingerprint density at radius 2 is 2.15 bits per heavy atom. The zero-order chi connectivity index (χ0) is 19.4. The van der Waals surface area contributed by atoms with Gasteiger partial charge in [-0.15, -0.1) is 0 Å². The molecule has 1 atom stereocenters. The Kier molecular flexibility index (Phi) is 5.88. The summed E-state index contributed by atoms with van der Waals surface area (Å²) in [5, 5.41) is 2.97. The summed E-state index contributed by atoms with van der Waals surface area (Å²) in [4.78, 5) is 31.6. The van der Waals surface area contributed by atoms with Gasteiger partial charge in [0.05, 0.1) is 0 Å². The Balaban J connectivity index is 1.88. The van der Waals surface area contributed by atoms with Crippen LogP contribution in [0.5, 0.6) is 0 Å². The molecule has 27 heavy (non-hydrogen) atoms. The van der Waals surface area contributed by atoms with Gasteiger partial charge in [-0.2, -0.15) is 0 Å². The number of carbonyl (C=O) groups excluding carboxylic acids is 1. The topological polar surface area (TPSA) is 67.2 Å². The Hall–Kier alpha value is -2.70. The van der Waals surface area contributed by atoms with E-state index in [9.17, 15) is 14.0 Å². The number of aryl methyl sites for hydroxylation is 1. The Morgan fingerprint density at radius 3 is 2.89 bits per heavy atom. The van der Waals surface area contributed by atoms with Crippen LogP contribution in [0.15, 0.2) is 35.1 Å². The Morgan fingerprint density at radius 1 is 1.33 bits per heavy atom. The van der Waals surface area contributed by atoms with E-state index in [-0.39, 0.29) is 30.0 Å². The molecular weight excluding hydrogens is 347 g/mol. The molecule has 1 aliphatic heterocycles. The number of anilines is 2. The molecule has 7 heteroatoms. The maximum Gasteiger partial charge on any atom is 0.255 e. The average Bonchev–Trinajstić information content (AvgIpc) is 2.64. The lowest BCUT2D eigenvalue weighted by Gasteiger charge is -2.35. The van der Waals surface area contributed by atoms with Gasteiger partial charge in [0.25, 0.3) is 5.56 Å². The van der Waals surface area contributed by atoms with E-state index in [1.165, 1.54) is 22.8 Å². The van der Waals surface area contributed by atoms with E-state index in [1.54, 1.807) is 19.1 Å². The fourth-order valence-corrected chi connectivity index (χ4v) is 3.54. The van der Waals surface area contributed by atoms with Crippen LogP contribution in [0.1, 0.15) is 38.3 Å². The molecule has 1 aromatic heterocycles. The molecule has 3 rings (SSSR count). The highest BCUT2D eigenvalue weighted by molar-refractivity contribution is 5.77. The van der Waals surface area contributed by atoms with Crippen molar-refractivity contribution in [2.75, 3.05) is 11.9 Å². The molecule has 0 saturated carbocycles. The van der Waals surface area contributed by atoms with Gasteiger partial charge in [-0.3, -0.25) is 14.2 Å². The van der Waals surface area contributed by atoms with Gasteiger partial charge in [-0.1, -0.05) is 13.0 Å². The van der Waals surface area contributed by atoms with Crippen LogP contribution >= 0.6 is 0 Å². The minimum Gasteiger partial charge on any atom is -0.338 e. The van der Waals surface area contributed by atoms with Crippen LogP contribution in [-0.4, -0.2) is 32.9 Å². The van der Waals surface area contributed by atoms with E-state index in [0.29, 0.717) is 11.4 Å². The smallest absolute Gasteiger partial charge is 0.255 e. The molecule has 1 aliphatic rings. The van der Waals surface area contributed by atoms with Crippen molar-refractivity contribution in [3.05, 3.63) is 52.2 Å². The van der Waals surface area contributed by atoms with Gasteiger partial charge in [0, 0.05) is 30.0 Å². The molecule has 144 valence electrons. The predicted molar refractivity (Wildman–Crippen MR) is 103 cm³/mol. The van der Waals surface area contributed by atoms with Gasteiger partial charge >= 0.3 is 0 Å². The zero-order valence-electron chi connectivity index (χ0n) is 15.7. The zero-order valence-corrected chi connectivity index (χ0v) is 15.7. The molecule has 0 bridgehead atoms. The third kappa shape index (κ3) is 4.53. The largest absolute Gasteiger partial charge is 0.338 e. The number of aromatic nitrogens is 2. The number of nitrogens with one attached hydrogen (secondary N) is 1. The summed E-state index contributed by atoms with van der Waals surface area (Å²) < 4.78 is 14.8. The van der Waals surface area contributed by atoms with Crippen LogP contribution in [0.4, 0.5) is 16.0 Å². The summed E-state index contributed by atoms with van der Waals surface area (Å²) in [6.07, 6.45) is 4.01. The number of nitrogens with zero attached hydrogens (tertiary/aromatic N) is 3. The lowest BCUT2D eigenvalue weighted by atomic mass is 10.00. The molecule has 2 heterocycles. The summed E-state index contributed by atoms with van der Waals surface area (Å²) in [5.41, 5.74) is 0.699. The lowest BCUT2D eigenvalue weighted by molar-refractivity contribution is -0.135. The second-order valence-electron chi connectivity index (χ2n) is 6.93. The first-order valence-corrected chi connectivity index (χ1v) is 9.38. The lowest BCUT2D eigenvalue weighted by Crippen LogP contribution is -2.46.